The Kier molecular flexibility index (Phi) is 8.99. The maximum absolute atomic E-state index is 13.1. The molecule has 2 aromatic carbocycles. The van der Waals surface area contributed by atoms with Crippen molar-refractivity contribution in [3.63, 3.8) is 0 Å². The van der Waals surface area contributed by atoms with Crippen molar-refractivity contribution in [2.45, 2.75) is 63.5 Å². The Morgan fingerprint density at radius 1 is 0.562 bits per heavy atom. The van der Waals surface area contributed by atoms with Crippen LogP contribution in [-0.2, 0) is 9.59 Å². The second-order valence-corrected chi connectivity index (χ2v) is 12.8. The number of hydrogen-bond donors (Lipinski definition) is 0. The molecule has 4 fully saturated rings. The van der Waals surface area contributed by atoms with E-state index >= 15 is 0 Å². The number of nitrogens with zero attached hydrogens (tertiary/aromatic N) is 4. The maximum atomic E-state index is 13.1. The number of rotatable bonds is 2. The van der Waals surface area contributed by atoms with Gasteiger partial charge in [0.2, 0.25) is 11.8 Å². The number of anilines is 2. The van der Waals surface area contributed by atoms with Gasteiger partial charge in [-0.2, -0.15) is 0 Å². The van der Waals surface area contributed by atoms with Crippen LogP contribution in [0.2, 0.25) is 0 Å². The summed E-state index contributed by atoms with van der Waals surface area (Å²) in [6.45, 7) is 0. The predicted molar refractivity (Wildman–Crippen MR) is 180 cm³/mol. The second-order valence-electron chi connectivity index (χ2n) is 12.8. The minimum atomic E-state index is -0.297. The van der Waals surface area contributed by atoms with Gasteiger partial charge in [0.05, 0.1) is 0 Å². The zero-order chi connectivity index (χ0) is 33.0. The molecule has 2 saturated heterocycles. The van der Waals surface area contributed by atoms with Crippen LogP contribution >= 0.6 is 0 Å². The average Bonchev–Trinajstić information content (AvgIpc) is 3.87. The van der Waals surface area contributed by atoms with E-state index in [2.05, 4.69) is 33.6 Å². The number of fused-ring (bicyclic) bond motifs is 2. The topological polar surface area (TPSA) is 66.4 Å². The van der Waals surface area contributed by atoms with Gasteiger partial charge in [-0.15, -0.1) is 0 Å². The van der Waals surface area contributed by atoms with E-state index in [0.29, 0.717) is 48.1 Å². The Morgan fingerprint density at radius 2 is 1.06 bits per heavy atom. The number of benzene rings is 2. The summed E-state index contributed by atoms with van der Waals surface area (Å²) in [5.74, 6) is 14.1. The first-order chi connectivity index (χ1) is 23.4. The van der Waals surface area contributed by atoms with E-state index in [1.807, 2.05) is 34.1 Å². The second kappa shape index (κ2) is 13.8. The van der Waals surface area contributed by atoms with E-state index in [-0.39, 0.29) is 23.4 Å². The fourth-order valence-corrected chi connectivity index (χ4v) is 7.39. The first-order valence-electron chi connectivity index (χ1n) is 16.5. The van der Waals surface area contributed by atoms with Crippen molar-refractivity contribution in [1.82, 2.24) is 9.97 Å². The fraction of sp³-hybridized carbons (Fsp3) is 0.300. The molecular formula is C40H34F2N4O2. The minimum Gasteiger partial charge on any atom is -0.293 e. The van der Waals surface area contributed by atoms with E-state index in [9.17, 15) is 18.4 Å². The number of carbonyl (C=O) groups excluding carboxylic acids is 2. The molecule has 2 saturated carbocycles. The highest BCUT2D eigenvalue weighted by Crippen LogP contribution is 2.41. The SMILES string of the molecule is O=C1C[C@H]2CCC[C@H]2N1c1ccc(C#Cc2ccc(F)cc2)cn1.O=C1C[C@H]2CCC[C@H]2N1c1ccc(C#Cc2cccc(F)c2)cn1. The van der Waals surface area contributed by atoms with Gasteiger partial charge in [-0.05, 0) is 104 Å². The summed E-state index contributed by atoms with van der Waals surface area (Å²) in [4.78, 5) is 37.1. The van der Waals surface area contributed by atoms with Gasteiger partial charge in [-0.3, -0.25) is 19.4 Å². The van der Waals surface area contributed by atoms with Crippen LogP contribution in [-0.4, -0.2) is 33.9 Å². The lowest BCUT2D eigenvalue weighted by molar-refractivity contribution is -0.118. The van der Waals surface area contributed by atoms with Crippen molar-refractivity contribution in [2.75, 3.05) is 9.80 Å². The summed E-state index contributed by atoms with van der Waals surface area (Å²) in [6, 6.07) is 20.4. The molecule has 4 atom stereocenters. The van der Waals surface area contributed by atoms with Gasteiger partial charge in [-0.1, -0.05) is 42.6 Å². The molecule has 8 rings (SSSR count). The zero-order valence-electron chi connectivity index (χ0n) is 26.4. The van der Waals surface area contributed by atoms with Crippen molar-refractivity contribution in [1.29, 1.82) is 0 Å². The van der Waals surface area contributed by atoms with Gasteiger partial charge in [0.25, 0.3) is 0 Å². The van der Waals surface area contributed by atoms with E-state index in [1.165, 1.54) is 37.1 Å². The quantitative estimate of drug-likeness (QED) is 0.220. The van der Waals surface area contributed by atoms with Gasteiger partial charge >= 0.3 is 0 Å². The Morgan fingerprint density at radius 3 is 1.56 bits per heavy atom. The summed E-state index contributed by atoms with van der Waals surface area (Å²) in [5, 5.41) is 0. The summed E-state index contributed by atoms with van der Waals surface area (Å²) in [6.07, 6.45) is 11.5. The Bertz CT molecular complexity index is 1940. The molecule has 2 aliphatic carbocycles. The highest BCUT2D eigenvalue weighted by Gasteiger charge is 2.44. The lowest BCUT2D eigenvalue weighted by atomic mass is 10.0. The van der Waals surface area contributed by atoms with Crippen LogP contribution in [0.5, 0.6) is 0 Å². The van der Waals surface area contributed by atoms with Gasteiger partial charge in [0.1, 0.15) is 23.3 Å². The van der Waals surface area contributed by atoms with E-state index < -0.39 is 0 Å². The molecule has 4 aliphatic rings. The van der Waals surface area contributed by atoms with Crippen LogP contribution in [0.15, 0.2) is 85.2 Å². The van der Waals surface area contributed by atoms with Gasteiger partial charge in [-0.25, -0.2) is 18.7 Å². The molecule has 8 heteroatoms. The third kappa shape index (κ3) is 6.85. The number of halogens is 2. The monoisotopic (exact) mass is 640 g/mol. The highest BCUT2D eigenvalue weighted by atomic mass is 19.1. The lowest BCUT2D eigenvalue weighted by Gasteiger charge is -2.22. The van der Waals surface area contributed by atoms with Crippen LogP contribution in [0.4, 0.5) is 20.4 Å². The van der Waals surface area contributed by atoms with Crippen LogP contribution in [0.3, 0.4) is 0 Å². The largest absolute Gasteiger partial charge is 0.293 e. The molecule has 0 N–H and O–H groups in total. The molecule has 4 aromatic rings. The molecular weight excluding hydrogens is 606 g/mol. The molecule has 2 aromatic heterocycles. The van der Waals surface area contributed by atoms with Crippen molar-refractivity contribution in [3.8, 4) is 23.7 Å². The standard InChI is InChI=1S/2C20H17FN2O/c21-17-5-1-3-14(11-17)7-8-15-9-10-19(22-13-15)23-18-6-2-4-16(18)12-20(23)24;21-17-9-6-14(7-10-17)4-5-15-8-11-19(22-13-15)23-18-3-1-2-16(18)12-20(23)24/h1,3,5,9-11,13,16,18H,2,4,6,12H2;6-11,13,16,18H,1-3,12H2/t2*16-,18-/m11/s1. The molecule has 48 heavy (non-hydrogen) atoms. The number of amides is 2. The minimum absolute atomic E-state index is 0.177. The smallest absolute Gasteiger partial charge is 0.228 e. The number of carbonyl (C=O) groups is 2. The van der Waals surface area contributed by atoms with Crippen LogP contribution < -0.4 is 9.80 Å². The maximum Gasteiger partial charge on any atom is 0.228 e. The normalized spacial score (nSPS) is 22.2. The molecule has 2 amide bonds. The zero-order valence-corrected chi connectivity index (χ0v) is 26.4. The van der Waals surface area contributed by atoms with Crippen LogP contribution in [0.25, 0.3) is 0 Å². The number of hydrogen-bond acceptors (Lipinski definition) is 4. The van der Waals surface area contributed by atoms with Crippen LogP contribution in [0.1, 0.15) is 73.6 Å². The summed E-state index contributed by atoms with van der Waals surface area (Å²) in [7, 11) is 0. The van der Waals surface area contributed by atoms with Gasteiger partial charge in [0, 0.05) is 59.6 Å². The molecule has 0 unspecified atom stereocenters. The fourth-order valence-electron chi connectivity index (χ4n) is 7.39. The summed E-state index contributed by atoms with van der Waals surface area (Å²) in [5.41, 5.74) is 2.90. The molecule has 240 valence electrons. The highest BCUT2D eigenvalue weighted by molar-refractivity contribution is 5.96. The van der Waals surface area contributed by atoms with Crippen molar-refractivity contribution < 1.29 is 18.4 Å². The third-order valence-electron chi connectivity index (χ3n) is 9.67. The lowest BCUT2D eigenvalue weighted by Crippen LogP contribution is -2.33. The molecule has 2 aliphatic heterocycles. The first kappa shape index (κ1) is 31.3. The molecule has 0 spiro atoms. The van der Waals surface area contributed by atoms with E-state index in [0.717, 1.165) is 48.2 Å². The van der Waals surface area contributed by atoms with Crippen molar-refractivity contribution >= 4 is 23.5 Å². The van der Waals surface area contributed by atoms with Crippen LogP contribution in [0, 0.1) is 47.2 Å². The number of pyridine rings is 2. The summed E-state index contributed by atoms with van der Waals surface area (Å²) < 4.78 is 26.0. The molecule has 4 heterocycles. The van der Waals surface area contributed by atoms with E-state index in [4.69, 9.17) is 0 Å². The van der Waals surface area contributed by atoms with Crippen molar-refractivity contribution in [3.05, 3.63) is 119 Å². The predicted octanol–water partition coefficient (Wildman–Crippen LogP) is 7.05. The first-order valence-corrected chi connectivity index (χ1v) is 16.5. The molecule has 6 nitrogen and oxygen atoms in total. The number of aromatic nitrogens is 2. The van der Waals surface area contributed by atoms with Crippen molar-refractivity contribution in [2.24, 2.45) is 11.8 Å². The molecule has 0 radical (unpaired) electrons. The Labute approximate surface area is 279 Å². The summed E-state index contributed by atoms with van der Waals surface area (Å²) >= 11 is 0. The Hall–Kier alpha value is -5.34. The Balaban J connectivity index is 0.000000152. The van der Waals surface area contributed by atoms with E-state index in [1.54, 1.807) is 36.7 Å². The third-order valence-corrected chi connectivity index (χ3v) is 9.67. The molecule has 0 bridgehead atoms. The van der Waals surface area contributed by atoms with Gasteiger partial charge in [0.15, 0.2) is 0 Å². The van der Waals surface area contributed by atoms with Gasteiger partial charge < -0.3 is 0 Å². The average molecular weight is 641 g/mol.